The molecular weight excluding hydrogens is 396 g/mol. The molecule has 0 atom stereocenters. The first-order valence-corrected chi connectivity index (χ1v) is 10.4. The maximum absolute atomic E-state index is 12.3. The summed E-state index contributed by atoms with van der Waals surface area (Å²) >= 11 is 2.93. The van der Waals surface area contributed by atoms with Crippen LogP contribution >= 0.6 is 23.1 Å². The third kappa shape index (κ3) is 3.52. The highest BCUT2D eigenvalue weighted by molar-refractivity contribution is 7.98. The molecule has 0 saturated heterocycles. The zero-order valence-electron chi connectivity index (χ0n) is 15.6. The van der Waals surface area contributed by atoms with Crippen molar-refractivity contribution in [2.45, 2.75) is 24.3 Å². The SMILES string of the molecule is CCc1nn2c(=O)cc(CSc3nnc(-c4ccc(OC)cc4)n3C)nc2s1. The van der Waals surface area contributed by atoms with Crippen LogP contribution in [-0.4, -0.2) is 36.5 Å². The standard InChI is InChI=1S/C18H18N6O2S2/c1-4-14-22-24-15(25)9-12(19-17(24)28-14)10-27-18-21-20-16(23(18)2)11-5-7-13(26-3)8-6-11/h5-9H,4,10H2,1-3H3. The predicted molar refractivity (Wildman–Crippen MR) is 109 cm³/mol. The fraction of sp³-hybridized carbons (Fsp3) is 0.278. The van der Waals surface area contributed by atoms with Gasteiger partial charge in [-0.2, -0.15) is 9.61 Å². The van der Waals surface area contributed by atoms with E-state index in [1.54, 1.807) is 7.11 Å². The lowest BCUT2D eigenvalue weighted by molar-refractivity contribution is 0.415. The Bertz CT molecular complexity index is 1180. The molecule has 0 fully saturated rings. The van der Waals surface area contributed by atoms with Crippen LogP contribution in [0.1, 0.15) is 17.6 Å². The van der Waals surface area contributed by atoms with Crippen molar-refractivity contribution >= 4 is 28.1 Å². The molecule has 3 aromatic heterocycles. The van der Waals surface area contributed by atoms with Gasteiger partial charge in [0.25, 0.3) is 5.56 Å². The van der Waals surface area contributed by atoms with Gasteiger partial charge in [0.1, 0.15) is 10.8 Å². The van der Waals surface area contributed by atoms with Gasteiger partial charge in [-0.15, -0.1) is 10.2 Å². The summed E-state index contributed by atoms with van der Waals surface area (Å²) in [5.74, 6) is 2.09. The Morgan fingerprint density at radius 3 is 2.71 bits per heavy atom. The third-order valence-electron chi connectivity index (χ3n) is 4.17. The summed E-state index contributed by atoms with van der Waals surface area (Å²) in [4.78, 5) is 17.4. The Morgan fingerprint density at radius 1 is 1.21 bits per heavy atom. The molecule has 0 spiro atoms. The first-order chi connectivity index (χ1) is 13.6. The second-order valence-electron chi connectivity index (χ2n) is 6.01. The van der Waals surface area contributed by atoms with E-state index in [-0.39, 0.29) is 5.56 Å². The minimum absolute atomic E-state index is 0.159. The average Bonchev–Trinajstić information content (AvgIpc) is 3.30. The lowest BCUT2D eigenvalue weighted by Gasteiger charge is -2.05. The number of fused-ring (bicyclic) bond motifs is 1. The quantitative estimate of drug-likeness (QED) is 0.448. The number of nitrogens with zero attached hydrogens (tertiary/aromatic N) is 6. The maximum Gasteiger partial charge on any atom is 0.275 e. The third-order valence-corrected chi connectivity index (χ3v) is 6.28. The monoisotopic (exact) mass is 414 g/mol. The van der Waals surface area contributed by atoms with Gasteiger partial charge < -0.3 is 9.30 Å². The zero-order chi connectivity index (χ0) is 19.7. The van der Waals surface area contributed by atoms with Gasteiger partial charge >= 0.3 is 0 Å². The van der Waals surface area contributed by atoms with Gasteiger partial charge in [0.15, 0.2) is 11.0 Å². The number of hydrogen-bond acceptors (Lipinski definition) is 8. The van der Waals surface area contributed by atoms with Gasteiger partial charge in [0, 0.05) is 24.4 Å². The Balaban J connectivity index is 1.54. The Kier molecular flexibility index (Phi) is 5.14. The van der Waals surface area contributed by atoms with Crippen molar-refractivity contribution in [1.29, 1.82) is 0 Å². The lowest BCUT2D eigenvalue weighted by Crippen LogP contribution is -2.15. The fourth-order valence-electron chi connectivity index (χ4n) is 2.68. The molecule has 4 aromatic rings. The van der Waals surface area contributed by atoms with Crippen LogP contribution in [0.4, 0.5) is 0 Å². The molecule has 0 bridgehead atoms. The lowest BCUT2D eigenvalue weighted by atomic mass is 10.2. The smallest absolute Gasteiger partial charge is 0.275 e. The van der Waals surface area contributed by atoms with Crippen molar-refractivity contribution in [2.75, 3.05) is 7.11 Å². The number of rotatable bonds is 6. The van der Waals surface area contributed by atoms with Crippen LogP contribution in [0.25, 0.3) is 16.3 Å². The second kappa shape index (κ2) is 7.72. The van der Waals surface area contributed by atoms with Crippen molar-refractivity contribution in [3.63, 3.8) is 0 Å². The van der Waals surface area contributed by atoms with Gasteiger partial charge in [0.2, 0.25) is 4.96 Å². The van der Waals surface area contributed by atoms with Crippen molar-refractivity contribution in [1.82, 2.24) is 29.4 Å². The first kappa shape index (κ1) is 18.6. The maximum atomic E-state index is 12.3. The number of aromatic nitrogens is 6. The van der Waals surface area contributed by atoms with E-state index in [2.05, 4.69) is 20.3 Å². The van der Waals surface area contributed by atoms with E-state index in [0.717, 1.165) is 33.7 Å². The molecular formula is C18H18N6O2S2. The first-order valence-electron chi connectivity index (χ1n) is 8.64. The van der Waals surface area contributed by atoms with Crippen LogP contribution in [0.2, 0.25) is 0 Å². The molecule has 0 unspecified atom stereocenters. The Hall–Kier alpha value is -2.72. The highest BCUT2D eigenvalue weighted by Gasteiger charge is 2.13. The molecule has 0 N–H and O–H groups in total. The molecule has 0 aliphatic rings. The van der Waals surface area contributed by atoms with E-state index in [1.165, 1.54) is 33.7 Å². The van der Waals surface area contributed by atoms with Gasteiger partial charge in [-0.3, -0.25) is 4.79 Å². The largest absolute Gasteiger partial charge is 0.497 e. The molecule has 10 heteroatoms. The number of benzene rings is 1. The van der Waals surface area contributed by atoms with E-state index in [4.69, 9.17) is 4.74 Å². The summed E-state index contributed by atoms with van der Waals surface area (Å²) in [6, 6.07) is 9.21. The van der Waals surface area contributed by atoms with Crippen molar-refractivity contribution in [3.05, 3.63) is 51.4 Å². The van der Waals surface area contributed by atoms with Crippen LogP contribution < -0.4 is 10.3 Å². The Labute approximate surface area is 169 Å². The molecule has 0 radical (unpaired) electrons. The number of thioether (sulfide) groups is 1. The van der Waals surface area contributed by atoms with Gasteiger partial charge in [0.05, 0.1) is 12.8 Å². The van der Waals surface area contributed by atoms with Crippen molar-refractivity contribution < 1.29 is 4.74 Å². The van der Waals surface area contributed by atoms with Gasteiger partial charge in [-0.1, -0.05) is 30.0 Å². The minimum Gasteiger partial charge on any atom is -0.497 e. The van der Waals surface area contributed by atoms with Gasteiger partial charge in [-0.05, 0) is 30.7 Å². The highest BCUT2D eigenvalue weighted by atomic mass is 32.2. The van der Waals surface area contributed by atoms with E-state index in [0.29, 0.717) is 16.4 Å². The Morgan fingerprint density at radius 2 is 2.00 bits per heavy atom. The van der Waals surface area contributed by atoms with Crippen molar-refractivity contribution in [2.24, 2.45) is 7.05 Å². The summed E-state index contributed by atoms with van der Waals surface area (Å²) < 4.78 is 8.49. The van der Waals surface area contributed by atoms with Crippen LogP contribution in [-0.2, 0) is 19.2 Å². The summed E-state index contributed by atoms with van der Waals surface area (Å²) in [5, 5.41) is 14.5. The van der Waals surface area contributed by atoms with E-state index < -0.39 is 0 Å². The minimum atomic E-state index is -0.159. The summed E-state index contributed by atoms with van der Waals surface area (Å²) in [7, 11) is 3.56. The second-order valence-corrected chi connectivity index (χ2v) is 7.99. The van der Waals surface area contributed by atoms with Crippen LogP contribution in [0.15, 0.2) is 40.3 Å². The zero-order valence-corrected chi connectivity index (χ0v) is 17.3. The number of hydrogen-bond donors (Lipinski definition) is 0. The van der Waals surface area contributed by atoms with E-state index in [9.17, 15) is 4.79 Å². The number of methoxy groups -OCH3 is 1. The van der Waals surface area contributed by atoms with E-state index >= 15 is 0 Å². The molecule has 0 aliphatic carbocycles. The van der Waals surface area contributed by atoms with Crippen LogP contribution in [0.3, 0.4) is 0 Å². The normalized spacial score (nSPS) is 11.2. The fourth-order valence-corrected chi connectivity index (χ4v) is 4.34. The molecule has 1 aromatic carbocycles. The summed E-state index contributed by atoms with van der Waals surface area (Å²) in [6.07, 6.45) is 0.782. The topological polar surface area (TPSA) is 87.2 Å². The molecule has 4 rings (SSSR count). The molecule has 8 nitrogen and oxygen atoms in total. The number of ether oxygens (including phenoxy) is 1. The van der Waals surface area contributed by atoms with Gasteiger partial charge in [-0.25, -0.2) is 4.98 Å². The molecule has 144 valence electrons. The van der Waals surface area contributed by atoms with E-state index in [1.807, 2.05) is 42.8 Å². The summed E-state index contributed by atoms with van der Waals surface area (Å²) in [5.41, 5.74) is 1.50. The predicted octanol–water partition coefficient (Wildman–Crippen LogP) is 2.81. The number of aryl methyl sites for hydroxylation is 1. The average molecular weight is 415 g/mol. The molecule has 28 heavy (non-hydrogen) atoms. The highest BCUT2D eigenvalue weighted by Crippen LogP contribution is 2.26. The van der Waals surface area contributed by atoms with Crippen LogP contribution in [0.5, 0.6) is 5.75 Å². The van der Waals surface area contributed by atoms with Crippen molar-refractivity contribution in [3.8, 4) is 17.1 Å². The molecule has 0 aliphatic heterocycles. The molecule has 3 heterocycles. The molecule has 0 saturated carbocycles. The molecule has 0 amide bonds. The van der Waals surface area contributed by atoms with Crippen LogP contribution in [0, 0.1) is 0 Å². The summed E-state index contributed by atoms with van der Waals surface area (Å²) in [6.45, 7) is 2.01.